The van der Waals surface area contributed by atoms with Crippen molar-refractivity contribution in [2.45, 2.75) is 13.5 Å². The molecule has 138 valence electrons. The molecule has 0 radical (unpaired) electrons. The zero-order chi connectivity index (χ0) is 19.7. The Hall–Kier alpha value is -3.36. The molecule has 28 heavy (non-hydrogen) atoms. The maximum Gasteiger partial charge on any atom is 0.358 e. The topological polar surface area (TPSA) is 56.5 Å². The third kappa shape index (κ3) is 2.98. The molecule has 2 aromatic carbocycles. The number of nitrogens with zero attached hydrogens (tertiary/aromatic N) is 3. The average molecular weight is 390 g/mol. The molecule has 2 heterocycles. The third-order valence-corrected chi connectivity index (χ3v) is 4.86. The predicted octanol–water partition coefficient (Wildman–Crippen LogP) is 4.03. The van der Waals surface area contributed by atoms with Crippen LogP contribution in [0, 0.1) is 12.3 Å². The molecule has 0 bridgehead atoms. The van der Waals surface area contributed by atoms with Crippen LogP contribution >= 0.6 is 11.6 Å². The number of esters is 1. The number of imidazole rings is 1. The number of ether oxygens (including phenoxy) is 1. The van der Waals surface area contributed by atoms with E-state index in [9.17, 15) is 4.79 Å². The Balaban J connectivity index is 1.96. The number of hydrogen-bond acceptors (Lipinski definition) is 4. The van der Waals surface area contributed by atoms with Crippen molar-refractivity contribution >= 4 is 23.3 Å². The van der Waals surface area contributed by atoms with Crippen molar-refractivity contribution in [2.24, 2.45) is 4.99 Å². The van der Waals surface area contributed by atoms with E-state index in [1.54, 1.807) is 13.3 Å². The zero-order valence-electron chi connectivity index (χ0n) is 15.1. The Labute approximate surface area is 167 Å². The summed E-state index contributed by atoms with van der Waals surface area (Å²) < 4.78 is 6.99. The second-order valence-electron chi connectivity index (χ2n) is 6.15. The number of benzene rings is 2. The second kappa shape index (κ2) is 7.34. The number of aliphatic imine (C=N–C) groups is 1. The Morgan fingerprint density at radius 1 is 1.29 bits per heavy atom. The Morgan fingerprint density at radius 3 is 2.86 bits per heavy atom. The van der Waals surface area contributed by atoms with Crippen molar-refractivity contribution in [3.05, 3.63) is 81.9 Å². The first-order valence-corrected chi connectivity index (χ1v) is 9.16. The third-order valence-electron chi connectivity index (χ3n) is 4.53. The van der Waals surface area contributed by atoms with Crippen molar-refractivity contribution in [3.63, 3.8) is 0 Å². The number of hydrogen-bond donors (Lipinski definition) is 0. The van der Waals surface area contributed by atoms with Gasteiger partial charge in [-0.25, -0.2) is 9.78 Å². The van der Waals surface area contributed by atoms with Gasteiger partial charge in [0.15, 0.2) is 5.69 Å². The van der Waals surface area contributed by atoms with Gasteiger partial charge in [0.05, 0.1) is 30.2 Å². The fourth-order valence-electron chi connectivity index (χ4n) is 3.25. The normalized spacial score (nSPS) is 12.2. The summed E-state index contributed by atoms with van der Waals surface area (Å²) in [5.74, 6) is 2.20. The molecule has 1 aliphatic heterocycles. The minimum absolute atomic E-state index is 0.259. The highest BCUT2D eigenvalue weighted by atomic mass is 35.5. The lowest BCUT2D eigenvalue weighted by Gasteiger charge is -2.13. The molecule has 3 aromatic rings. The molecule has 4 rings (SSSR count). The lowest BCUT2D eigenvalue weighted by atomic mass is 9.98. The smallest absolute Gasteiger partial charge is 0.358 e. The molecule has 0 saturated heterocycles. The average Bonchev–Trinajstić information content (AvgIpc) is 3.06. The highest BCUT2D eigenvalue weighted by Crippen LogP contribution is 2.30. The molecule has 0 spiro atoms. The van der Waals surface area contributed by atoms with E-state index in [0.717, 1.165) is 28.1 Å². The molecule has 0 aliphatic carbocycles. The minimum Gasteiger partial charge on any atom is -0.461 e. The van der Waals surface area contributed by atoms with Crippen molar-refractivity contribution in [2.75, 3.05) is 6.61 Å². The predicted molar refractivity (Wildman–Crippen MR) is 108 cm³/mol. The summed E-state index contributed by atoms with van der Waals surface area (Å²) in [6.07, 6.45) is 7.22. The zero-order valence-corrected chi connectivity index (χ0v) is 15.9. The van der Waals surface area contributed by atoms with Crippen LogP contribution in [-0.4, -0.2) is 27.8 Å². The molecule has 1 aromatic heterocycles. The molecular weight excluding hydrogens is 374 g/mol. The summed E-state index contributed by atoms with van der Waals surface area (Å²) in [6, 6.07) is 13.2. The highest BCUT2D eigenvalue weighted by Gasteiger charge is 2.25. The van der Waals surface area contributed by atoms with Gasteiger partial charge < -0.3 is 4.74 Å². The van der Waals surface area contributed by atoms with Crippen molar-refractivity contribution in [1.82, 2.24) is 9.55 Å². The quantitative estimate of drug-likeness (QED) is 0.502. The SMILES string of the molecule is C#Cc1ccc2c(c1)C(c1ccccc1Cl)=NCc1c(C(=O)OCC)ncn1-2. The van der Waals surface area contributed by atoms with Gasteiger partial charge >= 0.3 is 5.97 Å². The summed E-state index contributed by atoms with van der Waals surface area (Å²) in [7, 11) is 0. The summed E-state index contributed by atoms with van der Waals surface area (Å²) in [5.41, 5.74) is 4.83. The van der Waals surface area contributed by atoms with Crippen LogP contribution in [0.2, 0.25) is 5.02 Å². The van der Waals surface area contributed by atoms with E-state index in [2.05, 4.69) is 10.9 Å². The molecule has 0 fully saturated rings. The molecule has 0 N–H and O–H groups in total. The molecular formula is C22H16ClN3O2. The van der Waals surface area contributed by atoms with Crippen LogP contribution in [0.25, 0.3) is 5.69 Å². The monoisotopic (exact) mass is 389 g/mol. The second-order valence-corrected chi connectivity index (χ2v) is 6.56. The van der Waals surface area contributed by atoms with Crippen LogP contribution in [0.3, 0.4) is 0 Å². The van der Waals surface area contributed by atoms with Gasteiger partial charge in [0.1, 0.15) is 6.33 Å². The van der Waals surface area contributed by atoms with Crippen LogP contribution in [0.5, 0.6) is 0 Å². The maximum absolute atomic E-state index is 12.3. The van der Waals surface area contributed by atoms with Crippen molar-refractivity contribution in [1.29, 1.82) is 0 Å². The van der Waals surface area contributed by atoms with Gasteiger partial charge in [-0.15, -0.1) is 6.42 Å². The van der Waals surface area contributed by atoms with E-state index in [4.69, 9.17) is 27.8 Å². The summed E-state index contributed by atoms with van der Waals surface area (Å²) in [4.78, 5) is 21.4. The molecule has 0 amide bonds. The summed E-state index contributed by atoms with van der Waals surface area (Å²) in [6.45, 7) is 2.30. The molecule has 6 heteroatoms. The van der Waals surface area contributed by atoms with E-state index in [0.29, 0.717) is 10.7 Å². The number of carbonyl (C=O) groups is 1. The molecule has 0 saturated carbocycles. The van der Waals surface area contributed by atoms with Gasteiger partial charge in [-0.3, -0.25) is 9.56 Å². The van der Waals surface area contributed by atoms with E-state index in [1.807, 2.05) is 47.0 Å². The van der Waals surface area contributed by atoms with E-state index >= 15 is 0 Å². The molecule has 0 unspecified atom stereocenters. The van der Waals surface area contributed by atoms with Gasteiger partial charge in [0.2, 0.25) is 0 Å². The fourth-order valence-corrected chi connectivity index (χ4v) is 3.48. The van der Waals surface area contributed by atoms with E-state index in [1.165, 1.54) is 0 Å². The molecule has 1 aliphatic rings. The van der Waals surface area contributed by atoms with Gasteiger partial charge in [-0.1, -0.05) is 35.7 Å². The number of terminal acetylenes is 1. The van der Waals surface area contributed by atoms with Gasteiger partial charge in [0.25, 0.3) is 0 Å². The van der Waals surface area contributed by atoms with E-state index < -0.39 is 5.97 Å². The number of carbonyl (C=O) groups excluding carboxylic acids is 1. The number of halogens is 1. The first kappa shape index (κ1) is 18.0. The van der Waals surface area contributed by atoms with Gasteiger partial charge in [-0.2, -0.15) is 0 Å². The van der Waals surface area contributed by atoms with Crippen LogP contribution in [0.15, 0.2) is 53.8 Å². The number of rotatable bonds is 3. The Morgan fingerprint density at radius 2 is 2.11 bits per heavy atom. The fraction of sp³-hybridized carbons (Fsp3) is 0.136. The largest absolute Gasteiger partial charge is 0.461 e. The van der Waals surface area contributed by atoms with Gasteiger partial charge in [-0.05, 0) is 31.2 Å². The van der Waals surface area contributed by atoms with Gasteiger partial charge in [0, 0.05) is 21.7 Å². The van der Waals surface area contributed by atoms with Crippen LogP contribution < -0.4 is 0 Å². The van der Waals surface area contributed by atoms with Crippen LogP contribution in [-0.2, 0) is 11.3 Å². The maximum atomic E-state index is 12.3. The minimum atomic E-state index is -0.463. The molecule has 5 nitrogen and oxygen atoms in total. The summed E-state index contributed by atoms with van der Waals surface area (Å²) >= 11 is 6.44. The molecule has 0 atom stereocenters. The highest BCUT2D eigenvalue weighted by molar-refractivity contribution is 6.35. The number of fused-ring (bicyclic) bond motifs is 3. The Kier molecular flexibility index (Phi) is 4.72. The first-order chi connectivity index (χ1) is 13.6. The lowest BCUT2D eigenvalue weighted by Crippen LogP contribution is -2.09. The lowest BCUT2D eigenvalue weighted by molar-refractivity contribution is 0.0518. The summed E-state index contributed by atoms with van der Waals surface area (Å²) in [5, 5.41) is 0.591. The van der Waals surface area contributed by atoms with Crippen LogP contribution in [0.4, 0.5) is 0 Å². The van der Waals surface area contributed by atoms with Crippen LogP contribution in [0.1, 0.15) is 39.8 Å². The van der Waals surface area contributed by atoms with Crippen molar-refractivity contribution in [3.8, 4) is 18.0 Å². The van der Waals surface area contributed by atoms with Crippen molar-refractivity contribution < 1.29 is 9.53 Å². The first-order valence-electron chi connectivity index (χ1n) is 8.78. The Bertz CT molecular complexity index is 1150. The standard InChI is InChI=1S/C22H16ClN3O2/c1-3-14-9-10-18-16(11-14)20(15-7-5-6-8-17(15)23)24-12-19-21(22(27)28-4-2)25-13-26(18)19/h1,5-11,13H,4,12H2,2H3. The van der Waals surface area contributed by atoms with E-state index in [-0.39, 0.29) is 18.8 Å². The number of aromatic nitrogens is 2.